The molecule has 0 radical (unpaired) electrons. The van der Waals surface area contributed by atoms with Gasteiger partial charge in [-0.25, -0.2) is 0 Å². The molecule has 1 aliphatic carbocycles. The highest BCUT2D eigenvalue weighted by Gasteiger charge is 2.32. The Morgan fingerprint density at radius 1 is 0.647 bits per heavy atom. The van der Waals surface area contributed by atoms with Gasteiger partial charge in [-0.2, -0.15) is 21.0 Å². The lowest BCUT2D eigenvalue weighted by atomic mass is 9.96. The number of hydrogen-bond acceptors (Lipinski definition) is 6. The fraction of sp³-hybridized carbons (Fsp3) is 0. The molecule has 2 aromatic heterocycles. The standard InChI is InChI=1S/C28H12N4O2/c29-13-18(14-30)27-21-8-4-5-9-22(21)28(19(15-31)16-32)23(27)10-20-11-25-26(33-20)12-24(34-25)17-6-2-1-3-7-17/h1-12H. The molecule has 0 spiro atoms. The van der Waals surface area contributed by atoms with Gasteiger partial charge in [-0.1, -0.05) is 54.6 Å². The largest absolute Gasteiger partial charge is 0.453 e. The Morgan fingerprint density at radius 3 is 1.71 bits per heavy atom. The van der Waals surface area contributed by atoms with Crippen LogP contribution in [0.2, 0.25) is 0 Å². The zero-order valence-electron chi connectivity index (χ0n) is 17.5. The van der Waals surface area contributed by atoms with Gasteiger partial charge in [0.15, 0.2) is 11.2 Å². The number of hydrogen-bond donors (Lipinski definition) is 0. The van der Waals surface area contributed by atoms with E-state index in [0.29, 0.717) is 50.5 Å². The summed E-state index contributed by atoms with van der Waals surface area (Å²) in [7, 11) is 0. The van der Waals surface area contributed by atoms with Crippen LogP contribution >= 0.6 is 0 Å². The lowest BCUT2D eigenvalue weighted by molar-refractivity contribution is 0.602. The van der Waals surface area contributed by atoms with Crippen LogP contribution in [0.4, 0.5) is 0 Å². The predicted molar refractivity (Wildman–Crippen MR) is 125 cm³/mol. The van der Waals surface area contributed by atoms with Crippen LogP contribution in [0.25, 0.3) is 39.7 Å². The third kappa shape index (κ3) is 3.17. The molecule has 1 aliphatic rings. The second-order valence-electron chi connectivity index (χ2n) is 7.40. The van der Waals surface area contributed by atoms with Crippen molar-refractivity contribution in [3.63, 3.8) is 0 Å². The van der Waals surface area contributed by atoms with Gasteiger partial charge in [0.25, 0.3) is 0 Å². The van der Waals surface area contributed by atoms with E-state index < -0.39 is 0 Å². The van der Waals surface area contributed by atoms with Crippen molar-refractivity contribution in [2.24, 2.45) is 0 Å². The molecule has 0 unspecified atom stereocenters. The van der Waals surface area contributed by atoms with Crippen LogP contribution in [-0.2, 0) is 0 Å². The molecule has 0 aliphatic heterocycles. The van der Waals surface area contributed by atoms with Crippen molar-refractivity contribution >= 4 is 28.4 Å². The molecular formula is C28H12N4O2. The van der Waals surface area contributed by atoms with Crippen LogP contribution in [0.5, 0.6) is 0 Å². The van der Waals surface area contributed by atoms with E-state index in [1.807, 2.05) is 54.6 Å². The van der Waals surface area contributed by atoms with Gasteiger partial charge >= 0.3 is 0 Å². The molecule has 0 saturated heterocycles. The summed E-state index contributed by atoms with van der Waals surface area (Å²) in [4.78, 5) is 0. The number of benzene rings is 2. The molecule has 34 heavy (non-hydrogen) atoms. The molecule has 156 valence electrons. The number of nitrogens with zero attached hydrogens (tertiary/aromatic N) is 4. The minimum Gasteiger partial charge on any atom is -0.453 e. The Bertz CT molecular complexity index is 1600. The number of allylic oxidation sites excluding steroid dienone is 5. The molecule has 0 atom stereocenters. The van der Waals surface area contributed by atoms with Crippen molar-refractivity contribution in [3.8, 4) is 35.6 Å². The third-order valence-corrected chi connectivity index (χ3v) is 5.52. The second kappa shape index (κ2) is 8.18. The van der Waals surface area contributed by atoms with Crippen LogP contribution in [0.15, 0.2) is 92.3 Å². The third-order valence-electron chi connectivity index (χ3n) is 5.52. The topological polar surface area (TPSA) is 121 Å². The first-order valence-electron chi connectivity index (χ1n) is 10.2. The van der Waals surface area contributed by atoms with Crippen molar-refractivity contribution in [2.75, 3.05) is 0 Å². The van der Waals surface area contributed by atoms with Gasteiger partial charge in [-0.3, -0.25) is 0 Å². The Hall–Kier alpha value is -5.56. The van der Waals surface area contributed by atoms with E-state index in [0.717, 1.165) is 5.56 Å². The van der Waals surface area contributed by atoms with Crippen molar-refractivity contribution < 1.29 is 8.83 Å². The summed E-state index contributed by atoms with van der Waals surface area (Å²) in [5, 5.41) is 38.5. The quantitative estimate of drug-likeness (QED) is 0.336. The molecule has 2 heterocycles. The zero-order valence-corrected chi connectivity index (χ0v) is 17.5. The maximum absolute atomic E-state index is 9.61. The van der Waals surface area contributed by atoms with Crippen molar-refractivity contribution in [3.05, 3.63) is 100 Å². The maximum Gasteiger partial charge on any atom is 0.173 e. The van der Waals surface area contributed by atoms with Crippen LogP contribution in [-0.4, -0.2) is 0 Å². The molecule has 4 aromatic rings. The molecule has 0 bridgehead atoms. The van der Waals surface area contributed by atoms with Crippen LogP contribution in [0.1, 0.15) is 16.9 Å². The van der Waals surface area contributed by atoms with E-state index >= 15 is 0 Å². The minimum atomic E-state index is -0.120. The first-order chi connectivity index (χ1) is 16.7. The van der Waals surface area contributed by atoms with Crippen LogP contribution in [0, 0.1) is 45.3 Å². The van der Waals surface area contributed by atoms with Gasteiger partial charge in [-0.15, -0.1) is 0 Å². The molecule has 0 fully saturated rings. The van der Waals surface area contributed by atoms with E-state index in [2.05, 4.69) is 0 Å². The van der Waals surface area contributed by atoms with E-state index in [-0.39, 0.29) is 11.1 Å². The monoisotopic (exact) mass is 436 g/mol. The molecule has 6 nitrogen and oxygen atoms in total. The summed E-state index contributed by atoms with van der Waals surface area (Å²) >= 11 is 0. The lowest BCUT2D eigenvalue weighted by Gasteiger charge is -2.04. The lowest BCUT2D eigenvalue weighted by Crippen LogP contribution is -1.89. The van der Waals surface area contributed by atoms with Gasteiger partial charge in [0, 0.05) is 28.8 Å². The first kappa shape index (κ1) is 20.3. The Kier molecular flexibility index (Phi) is 4.89. The van der Waals surface area contributed by atoms with E-state index in [1.54, 1.807) is 42.5 Å². The number of nitriles is 4. The number of fused-ring (bicyclic) bond motifs is 2. The fourth-order valence-electron chi connectivity index (χ4n) is 4.10. The van der Waals surface area contributed by atoms with Gasteiger partial charge in [0.2, 0.25) is 0 Å². The normalized spacial score (nSPS) is 11.8. The minimum absolute atomic E-state index is 0.120. The average molecular weight is 436 g/mol. The summed E-state index contributed by atoms with van der Waals surface area (Å²) in [6.07, 6.45) is 1.63. The summed E-state index contributed by atoms with van der Waals surface area (Å²) in [6.45, 7) is 0. The summed E-state index contributed by atoms with van der Waals surface area (Å²) < 4.78 is 11.9. The van der Waals surface area contributed by atoms with Crippen LogP contribution < -0.4 is 0 Å². The zero-order chi connectivity index (χ0) is 23.7. The molecule has 2 aromatic carbocycles. The second-order valence-corrected chi connectivity index (χ2v) is 7.40. The summed E-state index contributed by atoms with van der Waals surface area (Å²) in [5.41, 5.74) is 4.05. The van der Waals surface area contributed by atoms with E-state index in [4.69, 9.17) is 8.83 Å². The highest BCUT2D eigenvalue weighted by molar-refractivity contribution is 6.15. The smallest absolute Gasteiger partial charge is 0.173 e. The fourth-order valence-corrected chi connectivity index (χ4v) is 4.10. The Labute approximate surface area is 194 Å². The van der Waals surface area contributed by atoms with Gasteiger partial charge < -0.3 is 8.83 Å². The van der Waals surface area contributed by atoms with Gasteiger partial charge in [-0.05, 0) is 22.8 Å². The maximum atomic E-state index is 9.61. The van der Waals surface area contributed by atoms with Crippen molar-refractivity contribution in [1.82, 2.24) is 0 Å². The van der Waals surface area contributed by atoms with E-state index in [9.17, 15) is 21.0 Å². The SMILES string of the molecule is N#CC(C#N)=C1C(=Cc2cc3oc(-c4ccccc4)cc3o2)C(=C(C#N)C#N)c2ccccc21. The first-order valence-corrected chi connectivity index (χ1v) is 10.2. The Balaban J connectivity index is 1.73. The van der Waals surface area contributed by atoms with Gasteiger partial charge in [0.1, 0.15) is 46.9 Å². The van der Waals surface area contributed by atoms with Crippen LogP contribution in [0.3, 0.4) is 0 Å². The molecule has 6 heteroatoms. The predicted octanol–water partition coefficient (Wildman–Crippen LogP) is 6.39. The summed E-state index contributed by atoms with van der Waals surface area (Å²) in [5.74, 6) is 1.06. The number of furan rings is 2. The highest BCUT2D eigenvalue weighted by Crippen LogP contribution is 2.48. The highest BCUT2D eigenvalue weighted by atomic mass is 16.4. The van der Waals surface area contributed by atoms with Crippen molar-refractivity contribution in [1.29, 1.82) is 21.0 Å². The molecular weight excluding hydrogens is 424 g/mol. The molecule has 0 amide bonds. The average Bonchev–Trinajstić information content (AvgIpc) is 3.53. The molecule has 0 N–H and O–H groups in total. The molecule has 5 rings (SSSR count). The van der Waals surface area contributed by atoms with Crippen molar-refractivity contribution in [2.45, 2.75) is 0 Å². The number of rotatable bonds is 2. The Morgan fingerprint density at radius 2 is 1.18 bits per heavy atom. The van der Waals surface area contributed by atoms with Gasteiger partial charge in [0.05, 0.1) is 0 Å². The van der Waals surface area contributed by atoms with E-state index in [1.165, 1.54) is 0 Å². The summed E-state index contributed by atoms with van der Waals surface area (Å²) in [6, 6.07) is 27.9. The molecule has 0 saturated carbocycles.